The Hall–Kier alpha value is -2.17. The smallest absolute Gasteiger partial charge is 0.257 e. The second-order valence-corrected chi connectivity index (χ2v) is 10.2. The molecule has 2 heterocycles. The second-order valence-electron chi connectivity index (χ2n) is 7.43. The van der Waals surface area contributed by atoms with Crippen LogP contribution in [0.1, 0.15) is 23.2 Å². The van der Waals surface area contributed by atoms with Crippen molar-refractivity contribution in [3.63, 3.8) is 0 Å². The molecule has 0 bridgehead atoms. The molecule has 4 rings (SSSR count). The molecule has 32 heavy (non-hydrogen) atoms. The Morgan fingerprint density at radius 1 is 1.03 bits per heavy atom. The summed E-state index contributed by atoms with van der Waals surface area (Å²) in [5.74, 6) is -0.554. The van der Waals surface area contributed by atoms with E-state index >= 15 is 0 Å². The maximum Gasteiger partial charge on any atom is 0.257 e. The van der Waals surface area contributed by atoms with E-state index in [1.165, 1.54) is 16.4 Å². The van der Waals surface area contributed by atoms with Crippen molar-refractivity contribution in [1.82, 2.24) is 4.31 Å². The summed E-state index contributed by atoms with van der Waals surface area (Å²) in [5.41, 5.74) is 1.12. The molecule has 2 aliphatic heterocycles. The third-order valence-corrected chi connectivity index (χ3v) is 8.02. The van der Waals surface area contributed by atoms with Crippen molar-refractivity contribution >= 4 is 56.4 Å². The lowest BCUT2D eigenvalue weighted by molar-refractivity contribution is -0.117. The molecule has 0 spiro atoms. The number of sulfonamides is 1. The van der Waals surface area contributed by atoms with E-state index in [2.05, 4.69) is 5.32 Å². The Kier molecular flexibility index (Phi) is 6.73. The number of carbonyl (C=O) groups excluding carboxylic acids is 2. The quantitative estimate of drug-likeness (QED) is 0.682. The minimum atomic E-state index is -3.92. The monoisotopic (exact) mass is 497 g/mol. The van der Waals surface area contributed by atoms with Crippen molar-refractivity contribution in [2.24, 2.45) is 0 Å². The number of nitrogens with zero attached hydrogens (tertiary/aromatic N) is 2. The Bertz CT molecular complexity index is 1170. The molecule has 0 unspecified atom stereocenters. The molecule has 0 atom stereocenters. The van der Waals surface area contributed by atoms with Gasteiger partial charge in [0.2, 0.25) is 15.9 Å². The van der Waals surface area contributed by atoms with Crippen molar-refractivity contribution in [3.8, 4) is 0 Å². The molecular formula is C21H21Cl2N3O5S. The van der Waals surface area contributed by atoms with Gasteiger partial charge in [0.05, 0.1) is 28.8 Å². The Labute approximate surface area is 196 Å². The zero-order valence-corrected chi connectivity index (χ0v) is 19.3. The van der Waals surface area contributed by atoms with Crippen LogP contribution in [0, 0.1) is 0 Å². The van der Waals surface area contributed by atoms with Crippen LogP contribution in [0.5, 0.6) is 0 Å². The van der Waals surface area contributed by atoms with Gasteiger partial charge in [-0.1, -0.05) is 29.3 Å². The standard InChI is InChI=1S/C21H21Cl2N3O5S/c22-17-13-18(23)19(32(29,30)25-7-9-31-10-8-25)12-16(17)21(28)24-14-3-1-4-15(11-14)26-6-2-5-20(26)27/h1,3-4,11-13H,2,5-10H2,(H,24,28). The lowest BCUT2D eigenvalue weighted by atomic mass is 10.2. The molecule has 2 amide bonds. The zero-order chi connectivity index (χ0) is 22.9. The van der Waals surface area contributed by atoms with Crippen molar-refractivity contribution < 1.29 is 22.7 Å². The third-order valence-electron chi connectivity index (χ3n) is 5.34. The maximum atomic E-state index is 13.0. The Morgan fingerprint density at radius 2 is 1.78 bits per heavy atom. The minimum Gasteiger partial charge on any atom is -0.379 e. The zero-order valence-electron chi connectivity index (χ0n) is 17.0. The summed E-state index contributed by atoms with van der Waals surface area (Å²) >= 11 is 12.4. The number of nitrogens with one attached hydrogen (secondary N) is 1. The SMILES string of the molecule is O=C(Nc1cccc(N2CCCC2=O)c1)c1cc(S(=O)(=O)N2CCOCC2)c(Cl)cc1Cl. The minimum absolute atomic E-state index is 0.0226. The van der Waals surface area contributed by atoms with Gasteiger partial charge in [-0.2, -0.15) is 4.31 Å². The average molecular weight is 498 g/mol. The molecule has 0 aliphatic carbocycles. The van der Waals surface area contributed by atoms with Gasteiger partial charge in [-0.25, -0.2) is 8.42 Å². The van der Waals surface area contributed by atoms with Crippen LogP contribution in [0.2, 0.25) is 10.0 Å². The van der Waals surface area contributed by atoms with E-state index < -0.39 is 15.9 Å². The second kappa shape index (κ2) is 9.36. The first-order valence-electron chi connectivity index (χ1n) is 10.1. The molecule has 2 aromatic carbocycles. The van der Waals surface area contributed by atoms with Gasteiger partial charge >= 0.3 is 0 Å². The summed E-state index contributed by atoms with van der Waals surface area (Å²) in [6.07, 6.45) is 1.29. The van der Waals surface area contributed by atoms with Crippen molar-refractivity contribution in [2.75, 3.05) is 43.1 Å². The highest BCUT2D eigenvalue weighted by atomic mass is 35.5. The first kappa shape index (κ1) is 23.0. The van der Waals surface area contributed by atoms with Crippen LogP contribution in [-0.4, -0.2) is 57.4 Å². The van der Waals surface area contributed by atoms with E-state index in [0.29, 0.717) is 24.3 Å². The number of ether oxygens (including phenoxy) is 1. The Balaban J connectivity index is 1.60. The number of carbonyl (C=O) groups is 2. The van der Waals surface area contributed by atoms with Crippen LogP contribution in [0.3, 0.4) is 0 Å². The largest absolute Gasteiger partial charge is 0.379 e. The fraction of sp³-hybridized carbons (Fsp3) is 0.333. The van der Waals surface area contributed by atoms with Gasteiger partial charge in [-0.05, 0) is 36.8 Å². The predicted octanol–water partition coefficient (Wildman–Crippen LogP) is 3.39. The van der Waals surface area contributed by atoms with E-state index in [0.717, 1.165) is 6.42 Å². The molecule has 2 aromatic rings. The lowest BCUT2D eigenvalue weighted by Gasteiger charge is -2.26. The van der Waals surface area contributed by atoms with Crippen LogP contribution in [0.4, 0.5) is 11.4 Å². The average Bonchev–Trinajstić information content (AvgIpc) is 3.20. The number of hydrogen-bond donors (Lipinski definition) is 1. The Morgan fingerprint density at radius 3 is 2.47 bits per heavy atom. The van der Waals surface area contributed by atoms with Crippen molar-refractivity contribution in [3.05, 3.63) is 52.0 Å². The molecule has 0 saturated carbocycles. The molecule has 0 radical (unpaired) electrons. The molecular weight excluding hydrogens is 477 g/mol. The molecule has 170 valence electrons. The van der Waals surface area contributed by atoms with Crippen LogP contribution in [-0.2, 0) is 19.6 Å². The van der Waals surface area contributed by atoms with Crippen LogP contribution in [0.15, 0.2) is 41.3 Å². The first-order valence-corrected chi connectivity index (χ1v) is 12.3. The maximum absolute atomic E-state index is 13.0. The van der Waals surface area contributed by atoms with Crippen LogP contribution in [0.25, 0.3) is 0 Å². The van der Waals surface area contributed by atoms with E-state index in [1.54, 1.807) is 29.2 Å². The molecule has 8 nitrogen and oxygen atoms in total. The number of rotatable bonds is 5. The highest BCUT2D eigenvalue weighted by Gasteiger charge is 2.30. The normalized spacial score (nSPS) is 17.6. The molecule has 2 saturated heterocycles. The molecule has 0 aromatic heterocycles. The predicted molar refractivity (Wildman–Crippen MR) is 122 cm³/mol. The summed E-state index contributed by atoms with van der Waals surface area (Å²) in [5, 5.41) is 2.69. The number of benzene rings is 2. The van der Waals surface area contributed by atoms with Gasteiger partial charge in [-0.15, -0.1) is 0 Å². The molecule has 2 aliphatic rings. The summed E-state index contributed by atoms with van der Waals surface area (Å²) in [4.78, 5) is 26.4. The summed E-state index contributed by atoms with van der Waals surface area (Å²) in [7, 11) is -3.92. The number of anilines is 2. The number of hydrogen-bond acceptors (Lipinski definition) is 5. The fourth-order valence-electron chi connectivity index (χ4n) is 3.70. The molecule has 2 fully saturated rings. The van der Waals surface area contributed by atoms with Crippen LogP contribution >= 0.6 is 23.2 Å². The van der Waals surface area contributed by atoms with E-state index in [9.17, 15) is 18.0 Å². The number of morpholine rings is 1. The number of halogens is 2. The van der Waals surface area contributed by atoms with Gasteiger partial charge in [-0.3, -0.25) is 9.59 Å². The van der Waals surface area contributed by atoms with Gasteiger partial charge in [0.25, 0.3) is 5.91 Å². The van der Waals surface area contributed by atoms with E-state index in [4.69, 9.17) is 27.9 Å². The topological polar surface area (TPSA) is 96.0 Å². The fourth-order valence-corrected chi connectivity index (χ4v) is 5.94. The van der Waals surface area contributed by atoms with Gasteiger partial charge in [0.1, 0.15) is 4.90 Å². The number of amides is 2. The third kappa shape index (κ3) is 4.62. The van der Waals surface area contributed by atoms with Gasteiger partial charge in [0, 0.05) is 37.4 Å². The van der Waals surface area contributed by atoms with Gasteiger partial charge in [0.15, 0.2) is 0 Å². The summed E-state index contributed by atoms with van der Waals surface area (Å²) < 4.78 is 32.6. The summed E-state index contributed by atoms with van der Waals surface area (Å²) in [6.45, 7) is 1.60. The van der Waals surface area contributed by atoms with Crippen molar-refractivity contribution in [2.45, 2.75) is 17.7 Å². The first-order chi connectivity index (χ1) is 15.3. The highest BCUT2D eigenvalue weighted by Crippen LogP contribution is 2.32. The summed E-state index contributed by atoms with van der Waals surface area (Å²) in [6, 6.07) is 9.34. The van der Waals surface area contributed by atoms with Gasteiger partial charge < -0.3 is 15.0 Å². The van der Waals surface area contributed by atoms with Crippen molar-refractivity contribution in [1.29, 1.82) is 0 Å². The van der Waals surface area contributed by atoms with E-state index in [-0.39, 0.29) is 52.7 Å². The molecule has 1 N–H and O–H groups in total. The lowest BCUT2D eigenvalue weighted by Crippen LogP contribution is -2.40. The van der Waals surface area contributed by atoms with E-state index in [1.807, 2.05) is 0 Å². The highest BCUT2D eigenvalue weighted by molar-refractivity contribution is 7.89. The van der Waals surface area contributed by atoms with Crippen LogP contribution < -0.4 is 10.2 Å². The molecule has 11 heteroatoms.